The van der Waals surface area contributed by atoms with Crippen LogP contribution in [0.1, 0.15) is 34.3 Å². The second kappa shape index (κ2) is 6.30. The number of likely N-dealkylation sites (N-methyl/N-ethyl adjacent to an activating group) is 1. The molecule has 0 unspecified atom stereocenters. The lowest BCUT2D eigenvalue weighted by atomic mass is 10.3. The number of carbonyl (C=O) groups excluding carboxylic acids is 2. The van der Waals surface area contributed by atoms with Gasteiger partial charge in [0.05, 0.1) is 18.0 Å². The van der Waals surface area contributed by atoms with E-state index in [4.69, 9.17) is 0 Å². The van der Waals surface area contributed by atoms with Gasteiger partial charge in [-0.25, -0.2) is 0 Å². The highest BCUT2D eigenvalue weighted by Gasteiger charge is 2.23. The van der Waals surface area contributed by atoms with Crippen molar-refractivity contribution in [3.8, 4) is 0 Å². The Kier molecular flexibility index (Phi) is 4.71. The van der Waals surface area contributed by atoms with Gasteiger partial charge < -0.3 is 5.32 Å². The summed E-state index contributed by atoms with van der Waals surface area (Å²) >= 11 is 1.55. The molecule has 1 amide bonds. The smallest absolute Gasteiger partial charge is 0.234 e. The summed E-state index contributed by atoms with van der Waals surface area (Å²) < 4.78 is 0. The van der Waals surface area contributed by atoms with E-state index in [1.165, 1.54) is 4.88 Å². The Morgan fingerprint density at radius 2 is 2.11 bits per heavy atom. The lowest BCUT2D eigenvalue weighted by Crippen LogP contribution is -2.38. The van der Waals surface area contributed by atoms with Crippen LogP contribution in [0.5, 0.6) is 0 Å². The van der Waals surface area contributed by atoms with Gasteiger partial charge in [0, 0.05) is 10.9 Å². The van der Waals surface area contributed by atoms with Gasteiger partial charge >= 0.3 is 0 Å². The van der Waals surface area contributed by atoms with Crippen molar-refractivity contribution in [2.45, 2.75) is 32.2 Å². The molecule has 0 radical (unpaired) electrons. The summed E-state index contributed by atoms with van der Waals surface area (Å²) in [6.45, 7) is 2.66. The lowest BCUT2D eigenvalue weighted by molar-refractivity contribution is -0.121. The maximum atomic E-state index is 12.0. The van der Waals surface area contributed by atoms with Crippen LogP contribution in [0.15, 0.2) is 12.1 Å². The van der Waals surface area contributed by atoms with Gasteiger partial charge in [-0.1, -0.05) is 6.92 Å². The topological polar surface area (TPSA) is 49.4 Å². The zero-order valence-electron chi connectivity index (χ0n) is 11.4. The van der Waals surface area contributed by atoms with E-state index < -0.39 is 0 Å². The minimum absolute atomic E-state index is 0.0122. The van der Waals surface area contributed by atoms with Crippen molar-refractivity contribution in [3.05, 3.63) is 21.9 Å². The molecule has 104 valence electrons. The van der Waals surface area contributed by atoms with Gasteiger partial charge in [0.2, 0.25) is 5.91 Å². The molecule has 1 aliphatic carbocycles. The fraction of sp³-hybridized carbons (Fsp3) is 0.571. The fourth-order valence-electron chi connectivity index (χ4n) is 1.84. The Labute approximate surface area is 117 Å². The SMILES string of the molecule is CCc1ccc(C(=O)CN(C)CC(=O)NC2CC2)s1. The summed E-state index contributed by atoms with van der Waals surface area (Å²) in [5.74, 6) is 0.102. The first-order chi connectivity index (χ1) is 9.08. The molecule has 1 fully saturated rings. The van der Waals surface area contributed by atoms with Crippen molar-refractivity contribution in [2.75, 3.05) is 20.1 Å². The quantitative estimate of drug-likeness (QED) is 0.774. The molecule has 0 aromatic carbocycles. The molecule has 1 aromatic heterocycles. The highest BCUT2D eigenvalue weighted by molar-refractivity contribution is 7.14. The number of hydrogen-bond acceptors (Lipinski definition) is 4. The molecule has 0 saturated heterocycles. The third-order valence-corrected chi connectivity index (χ3v) is 4.33. The van der Waals surface area contributed by atoms with E-state index >= 15 is 0 Å². The molecule has 1 N–H and O–H groups in total. The maximum absolute atomic E-state index is 12.0. The lowest BCUT2D eigenvalue weighted by Gasteiger charge is -2.14. The Hall–Kier alpha value is -1.20. The number of rotatable bonds is 7. The summed E-state index contributed by atoms with van der Waals surface area (Å²) in [4.78, 5) is 27.4. The van der Waals surface area contributed by atoms with Crippen LogP contribution in [0.3, 0.4) is 0 Å². The molecular formula is C14H20N2O2S. The summed E-state index contributed by atoms with van der Waals surface area (Å²) in [5, 5.41) is 2.92. The van der Waals surface area contributed by atoms with Gasteiger partial charge in [0.15, 0.2) is 5.78 Å². The van der Waals surface area contributed by atoms with Gasteiger partial charge in [-0.3, -0.25) is 14.5 Å². The van der Waals surface area contributed by atoms with Crippen molar-refractivity contribution in [1.82, 2.24) is 10.2 Å². The zero-order valence-corrected chi connectivity index (χ0v) is 12.3. The van der Waals surface area contributed by atoms with Crippen LogP contribution in [0, 0.1) is 0 Å². The molecule has 0 aliphatic heterocycles. The van der Waals surface area contributed by atoms with E-state index in [9.17, 15) is 9.59 Å². The Morgan fingerprint density at radius 3 is 2.68 bits per heavy atom. The van der Waals surface area contributed by atoms with Crippen LogP contribution in [0.2, 0.25) is 0 Å². The standard InChI is InChI=1S/C14H20N2O2S/c1-3-11-6-7-13(19-11)12(17)8-16(2)9-14(18)15-10-4-5-10/h6-7,10H,3-5,8-9H2,1-2H3,(H,15,18). The number of carbonyl (C=O) groups is 2. The van der Waals surface area contributed by atoms with E-state index in [2.05, 4.69) is 12.2 Å². The molecule has 0 atom stereocenters. The van der Waals surface area contributed by atoms with Crippen molar-refractivity contribution in [3.63, 3.8) is 0 Å². The van der Waals surface area contributed by atoms with E-state index in [1.54, 1.807) is 23.3 Å². The van der Waals surface area contributed by atoms with Crippen LogP contribution in [0.4, 0.5) is 0 Å². The third-order valence-electron chi connectivity index (χ3n) is 3.05. The number of Topliss-reactive ketones (excluding diaryl/α,β-unsaturated/α-hetero) is 1. The molecule has 4 nitrogen and oxygen atoms in total. The Bertz CT molecular complexity index is 466. The van der Waals surface area contributed by atoms with Gasteiger partial charge in [-0.05, 0) is 38.4 Å². The molecule has 2 rings (SSSR count). The second-order valence-electron chi connectivity index (χ2n) is 5.06. The summed E-state index contributed by atoms with van der Waals surface area (Å²) in [7, 11) is 1.80. The Balaban J connectivity index is 1.78. The zero-order chi connectivity index (χ0) is 13.8. The molecule has 0 bridgehead atoms. The van der Waals surface area contributed by atoms with Crippen LogP contribution >= 0.6 is 11.3 Å². The van der Waals surface area contributed by atoms with E-state index in [1.807, 2.05) is 12.1 Å². The monoisotopic (exact) mass is 280 g/mol. The van der Waals surface area contributed by atoms with Gasteiger partial charge in [-0.15, -0.1) is 11.3 Å². The minimum Gasteiger partial charge on any atom is -0.352 e. The predicted octanol–water partition coefficient (Wildman–Crippen LogP) is 1.70. The number of ketones is 1. The van der Waals surface area contributed by atoms with Crippen molar-refractivity contribution in [2.24, 2.45) is 0 Å². The molecule has 1 saturated carbocycles. The third kappa shape index (κ3) is 4.44. The van der Waals surface area contributed by atoms with Gasteiger partial charge in [0.25, 0.3) is 0 Å². The molecule has 1 aliphatic rings. The Morgan fingerprint density at radius 1 is 1.37 bits per heavy atom. The van der Waals surface area contributed by atoms with Crippen LogP contribution in [-0.2, 0) is 11.2 Å². The maximum Gasteiger partial charge on any atom is 0.234 e. The first-order valence-electron chi connectivity index (χ1n) is 6.68. The van der Waals surface area contributed by atoms with E-state index in [0.717, 1.165) is 24.1 Å². The summed E-state index contributed by atoms with van der Waals surface area (Å²) in [5.41, 5.74) is 0. The van der Waals surface area contributed by atoms with Crippen molar-refractivity contribution in [1.29, 1.82) is 0 Å². The van der Waals surface area contributed by atoms with Crippen molar-refractivity contribution >= 4 is 23.0 Å². The average Bonchev–Trinajstić information content (AvgIpc) is 3.02. The van der Waals surface area contributed by atoms with Gasteiger partial charge in [0.1, 0.15) is 0 Å². The molecule has 1 heterocycles. The largest absolute Gasteiger partial charge is 0.352 e. The number of nitrogens with zero attached hydrogens (tertiary/aromatic N) is 1. The highest BCUT2D eigenvalue weighted by Crippen LogP contribution is 2.19. The van der Waals surface area contributed by atoms with Crippen molar-refractivity contribution < 1.29 is 9.59 Å². The van der Waals surface area contributed by atoms with Gasteiger partial charge in [-0.2, -0.15) is 0 Å². The highest BCUT2D eigenvalue weighted by atomic mass is 32.1. The number of aryl methyl sites for hydroxylation is 1. The number of hydrogen-bond donors (Lipinski definition) is 1. The molecule has 19 heavy (non-hydrogen) atoms. The van der Waals surface area contributed by atoms with Crippen LogP contribution in [-0.4, -0.2) is 42.8 Å². The minimum atomic E-state index is 0.0122. The average molecular weight is 280 g/mol. The predicted molar refractivity (Wildman–Crippen MR) is 76.7 cm³/mol. The second-order valence-corrected chi connectivity index (χ2v) is 6.23. The van der Waals surface area contributed by atoms with Crippen LogP contribution in [0.25, 0.3) is 0 Å². The van der Waals surface area contributed by atoms with E-state index in [0.29, 0.717) is 12.6 Å². The summed E-state index contributed by atoms with van der Waals surface area (Å²) in [6.07, 6.45) is 3.13. The number of thiophene rings is 1. The molecule has 0 spiro atoms. The first-order valence-corrected chi connectivity index (χ1v) is 7.50. The molecule has 5 heteroatoms. The molecule has 1 aromatic rings. The number of nitrogens with one attached hydrogen (secondary N) is 1. The van der Waals surface area contributed by atoms with Crippen LogP contribution < -0.4 is 5.32 Å². The number of amides is 1. The van der Waals surface area contributed by atoms with E-state index in [-0.39, 0.29) is 18.2 Å². The molecular weight excluding hydrogens is 260 g/mol. The first kappa shape index (κ1) is 14.2. The fourth-order valence-corrected chi connectivity index (χ4v) is 2.72. The summed E-state index contributed by atoms with van der Waals surface area (Å²) in [6, 6.07) is 4.25. The normalized spacial score (nSPS) is 14.7.